The fourth-order valence-corrected chi connectivity index (χ4v) is 7.12. The summed E-state index contributed by atoms with van der Waals surface area (Å²) in [4.78, 5) is 5.09. The van der Waals surface area contributed by atoms with E-state index in [-0.39, 0.29) is 11.0 Å². The van der Waals surface area contributed by atoms with E-state index >= 15 is 0 Å². The molecule has 1 aromatic carbocycles. The summed E-state index contributed by atoms with van der Waals surface area (Å²) in [5.74, 6) is 2.25. The van der Waals surface area contributed by atoms with Crippen LogP contribution in [0.2, 0.25) is 0 Å². The van der Waals surface area contributed by atoms with E-state index in [1.54, 1.807) is 6.07 Å². The van der Waals surface area contributed by atoms with Crippen molar-refractivity contribution in [1.29, 1.82) is 0 Å². The van der Waals surface area contributed by atoms with Gasteiger partial charge >= 0.3 is 0 Å². The monoisotopic (exact) mass is 407 g/mol. The zero-order valence-corrected chi connectivity index (χ0v) is 17.3. The Labute approximate surface area is 175 Å². The Morgan fingerprint density at radius 2 is 1.67 bits per heavy atom. The normalized spacial score (nSPS) is 29.9. The van der Waals surface area contributed by atoms with Gasteiger partial charge in [0.25, 0.3) is 6.43 Å². The molecule has 5 heteroatoms. The van der Waals surface area contributed by atoms with E-state index in [4.69, 9.17) is 4.98 Å². The maximum atomic E-state index is 14.2. The second-order valence-electron chi connectivity index (χ2n) is 10.0. The Morgan fingerprint density at radius 1 is 1.03 bits per heavy atom. The molecule has 0 aliphatic heterocycles. The van der Waals surface area contributed by atoms with Gasteiger partial charge in [-0.25, -0.2) is 18.4 Å². The summed E-state index contributed by atoms with van der Waals surface area (Å²) in [6.45, 7) is 2.37. The molecule has 2 aromatic heterocycles. The van der Waals surface area contributed by atoms with Gasteiger partial charge < -0.3 is 0 Å². The van der Waals surface area contributed by atoms with E-state index in [9.17, 15) is 8.78 Å². The molecule has 2 heterocycles. The predicted molar refractivity (Wildman–Crippen MR) is 113 cm³/mol. The van der Waals surface area contributed by atoms with Crippen molar-refractivity contribution >= 4 is 11.0 Å². The van der Waals surface area contributed by atoms with Crippen molar-refractivity contribution < 1.29 is 8.78 Å². The number of aromatic nitrogens is 3. The van der Waals surface area contributed by atoms with E-state index in [2.05, 4.69) is 5.10 Å². The van der Waals surface area contributed by atoms with E-state index in [1.165, 1.54) is 19.3 Å². The number of halogens is 2. The second kappa shape index (κ2) is 6.60. The minimum Gasteiger partial charge on any atom is -0.243 e. The lowest BCUT2D eigenvalue weighted by molar-refractivity contribution is -0.00722. The molecule has 4 fully saturated rings. The quantitative estimate of drug-likeness (QED) is 0.516. The SMILES string of the molecule is Cc1nn(Cc2ccccc2)c2nc(C34CC5CC(CC(C5)C3)C4)cc(C(F)F)c12. The molecule has 0 amide bonds. The highest BCUT2D eigenvalue weighted by Gasteiger charge is 2.52. The first-order valence-corrected chi connectivity index (χ1v) is 11.2. The molecule has 4 aliphatic rings. The Morgan fingerprint density at radius 3 is 2.27 bits per heavy atom. The molecule has 3 nitrogen and oxygen atoms in total. The standard InChI is InChI=1S/C25H27F2N3/c1-15-22-20(23(26)27)10-21(25-11-17-7-18(12-25)9-19(8-17)13-25)28-24(22)30(29-15)14-16-5-3-2-4-6-16/h2-6,10,17-19,23H,7-9,11-14H2,1H3. The van der Waals surface area contributed by atoms with Gasteiger partial charge in [0, 0.05) is 16.7 Å². The molecule has 156 valence electrons. The smallest absolute Gasteiger partial charge is 0.243 e. The van der Waals surface area contributed by atoms with E-state index in [0.29, 0.717) is 23.3 Å². The lowest BCUT2D eigenvalue weighted by Crippen LogP contribution is -2.49. The highest BCUT2D eigenvalue weighted by atomic mass is 19.3. The predicted octanol–water partition coefficient (Wildman–Crippen LogP) is 6.19. The van der Waals surface area contributed by atoms with Crippen LogP contribution < -0.4 is 0 Å². The maximum Gasteiger partial charge on any atom is 0.264 e. The first-order valence-electron chi connectivity index (χ1n) is 11.2. The van der Waals surface area contributed by atoms with Crippen molar-refractivity contribution in [3.05, 3.63) is 58.9 Å². The zero-order valence-electron chi connectivity index (χ0n) is 17.3. The van der Waals surface area contributed by atoms with Crippen LogP contribution in [0.25, 0.3) is 11.0 Å². The van der Waals surface area contributed by atoms with Crippen LogP contribution in [-0.2, 0) is 12.0 Å². The molecule has 0 radical (unpaired) electrons. The molecule has 4 aliphatic carbocycles. The third-order valence-electron chi connectivity index (χ3n) is 7.90. The van der Waals surface area contributed by atoms with Gasteiger partial charge in [-0.3, -0.25) is 0 Å². The Balaban J connectivity index is 1.51. The summed E-state index contributed by atoms with van der Waals surface area (Å²) >= 11 is 0. The summed E-state index contributed by atoms with van der Waals surface area (Å²) in [5, 5.41) is 5.17. The number of hydrogen-bond acceptors (Lipinski definition) is 2. The maximum absolute atomic E-state index is 14.2. The summed E-state index contributed by atoms with van der Waals surface area (Å²) in [6.07, 6.45) is 4.82. The van der Waals surface area contributed by atoms with Gasteiger partial charge in [0.05, 0.1) is 17.6 Å². The Hall–Kier alpha value is -2.30. The molecule has 30 heavy (non-hydrogen) atoms. The van der Waals surface area contributed by atoms with Crippen LogP contribution in [0.15, 0.2) is 36.4 Å². The number of aryl methyl sites for hydroxylation is 1. The molecule has 4 saturated carbocycles. The summed E-state index contributed by atoms with van der Waals surface area (Å²) in [7, 11) is 0. The number of benzene rings is 1. The van der Waals surface area contributed by atoms with Gasteiger partial charge in [0.15, 0.2) is 5.65 Å². The van der Waals surface area contributed by atoms with Crippen LogP contribution in [-0.4, -0.2) is 14.8 Å². The van der Waals surface area contributed by atoms with Crippen molar-refractivity contribution in [2.75, 3.05) is 0 Å². The molecule has 4 bridgehead atoms. The van der Waals surface area contributed by atoms with Gasteiger partial charge in [-0.2, -0.15) is 5.10 Å². The number of rotatable bonds is 4. The van der Waals surface area contributed by atoms with Crippen molar-refractivity contribution in [1.82, 2.24) is 14.8 Å². The first kappa shape index (κ1) is 18.5. The highest BCUT2D eigenvalue weighted by molar-refractivity contribution is 5.83. The van der Waals surface area contributed by atoms with Gasteiger partial charge in [0.1, 0.15) is 0 Å². The van der Waals surface area contributed by atoms with Crippen LogP contribution in [0.1, 0.15) is 67.5 Å². The minimum absolute atomic E-state index is 0.0116. The molecule has 7 rings (SSSR count). The van der Waals surface area contributed by atoms with Crippen LogP contribution in [0.3, 0.4) is 0 Å². The molecule has 0 saturated heterocycles. The van der Waals surface area contributed by atoms with Crippen molar-refractivity contribution in [2.24, 2.45) is 17.8 Å². The van der Waals surface area contributed by atoms with Crippen molar-refractivity contribution in [3.8, 4) is 0 Å². The lowest BCUT2D eigenvalue weighted by atomic mass is 9.48. The van der Waals surface area contributed by atoms with Gasteiger partial charge in [-0.15, -0.1) is 0 Å². The topological polar surface area (TPSA) is 30.7 Å². The Bertz CT molecular complexity index is 1070. The number of hydrogen-bond donors (Lipinski definition) is 0. The summed E-state index contributed by atoms with van der Waals surface area (Å²) in [6, 6.07) is 11.8. The van der Waals surface area contributed by atoms with Crippen LogP contribution in [0.5, 0.6) is 0 Å². The minimum atomic E-state index is -2.52. The van der Waals surface area contributed by atoms with E-state index < -0.39 is 6.43 Å². The molecular formula is C25H27F2N3. The average Bonchev–Trinajstić information content (AvgIpc) is 3.02. The number of fused-ring (bicyclic) bond motifs is 1. The van der Waals surface area contributed by atoms with Gasteiger partial charge in [-0.1, -0.05) is 30.3 Å². The van der Waals surface area contributed by atoms with Crippen LogP contribution in [0.4, 0.5) is 8.78 Å². The molecular weight excluding hydrogens is 380 g/mol. The zero-order chi connectivity index (χ0) is 20.5. The fourth-order valence-electron chi connectivity index (χ4n) is 7.12. The van der Waals surface area contributed by atoms with Crippen LogP contribution in [0, 0.1) is 24.7 Å². The van der Waals surface area contributed by atoms with E-state index in [1.807, 2.05) is 41.9 Å². The summed E-state index contributed by atoms with van der Waals surface area (Å²) < 4.78 is 30.2. The molecule has 0 spiro atoms. The lowest BCUT2D eigenvalue weighted by Gasteiger charge is -2.56. The first-order chi connectivity index (χ1) is 14.5. The largest absolute Gasteiger partial charge is 0.264 e. The van der Waals surface area contributed by atoms with Crippen LogP contribution >= 0.6 is 0 Å². The van der Waals surface area contributed by atoms with Crippen molar-refractivity contribution in [2.45, 2.75) is 63.8 Å². The number of pyridine rings is 1. The number of nitrogens with zero attached hydrogens (tertiary/aromatic N) is 3. The molecule has 3 aromatic rings. The molecule has 0 N–H and O–H groups in total. The average molecular weight is 408 g/mol. The number of alkyl halides is 2. The molecule has 0 unspecified atom stereocenters. The van der Waals surface area contributed by atoms with Crippen molar-refractivity contribution in [3.63, 3.8) is 0 Å². The third-order valence-corrected chi connectivity index (χ3v) is 7.90. The highest BCUT2D eigenvalue weighted by Crippen LogP contribution is 2.60. The van der Waals surface area contributed by atoms with E-state index in [0.717, 1.165) is 48.3 Å². The molecule has 0 atom stereocenters. The third kappa shape index (κ3) is 2.81. The Kier molecular flexibility index (Phi) is 4.06. The summed E-state index contributed by atoms with van der Waals surface area (Å²) in [5.41, 5.74) is 3.37. The second-order valence-corrected chi connectivity index (χ2v) is 10.0. The van der Waals surface area contributed by atoms with Gasteiger partial charge in [0.2, 0.25) is 0 Å². The van der Waals surface area contributed by atoms with Gasteiger partial charge in [-0.05, 0) is 74.8 Å². The fraction of sp³-hybridized carbons (Fsp3) is 0.520.